The molecule has 112 valence electrons. The Balaban J connectivity index is 1.81. The summed E-state index contributed by atoms with van der Waals surface area (Å²) in [6, 6.07) is 6.89. The van der Waals surface area contributed by atoms with E-state index in [4.69, 9.17) is 10.7 Å². The maximum atomic E-state index is 5.99. The number of nitrogens with two attached hydrogens (primary N) is 1. The van der Waals surface area contributed by atoms with Crippen molar-refractivity contribution in [2.45, 2.75) is 25.3 Å². The number of rotatable bonds is 1. The molecule has 0 bridgehead atoms. The molecular weight excluding hydrogens is 292 g/mol. The molecule has 4 nitrogen and oxygen atoms in total. The lowest BCUT2D eigenvalue weighted by Crippen LogP contribution is -2.24. The Hall–Kier alpha value is -1.88. The first-order chi connectivity index (χ1) is 10.8. The van der Waals surface area contributed by atoms with Gasteiger partial charge in [-0.05, 0) is 47.9 Å². The van der Waals surface area contributed by atoms with Crippen molar-refractivity contribution in [3.05, 3.63) is 48.0 Å². The Bertz CT molecular complexity index is 714. The van der Waals surface area contributed by atoms with Gasteiger partial charge >= 0.3 is 0 Å². The van der Waals surface area contributed by atoms with Crippen LogP contribution in [0.2, 0.25) is 0 Å². The van der Waals surface area contributed by atoms with Gasteiger partial charge in [0.05, 0.1) is 6.04 Å². The minimum Gasteiger partial charge on any atom is -0.379 e. The van der Waals surface area contributed by atoms with E-state index in [0.717, 1.165) is 28.5 Å². The van der Waals surface area contributed by atoms with Gasteiger partial charge in [-0.25, -0.2) is 9.97 Å². The van der Waals surface area contributed by atoms with Crippen LogP contribution in [0, 0.1) is 5.92 Å². The Morgan fingerprint density at radius 2 is 2.00 bits per heavy atom. The number of benzene rings is 1. The van der Waals surface area contributed by atoms with Gasteiger partial charge < -0.3 is 5.73 Å². The van der Waals surface area contributed by atoms with Crippen molar-refractivity contribution in [3.63, 3.8) is 0 Å². The zero-order chi connectivity index (χ0) is 14.9. The van der Waals surface area contributed by atoms with Crippen molar-refractivity contribution in [2.75, 3.05) is 5.75 Å². The number of hydrogen-bond acceptors (Lipinski definition) is 5. The molecule has 0 radical (unpaired) electrons. The van der Waals surface area contributed by atoms with Crippen LogP contribution < -0.4 is 5.73 Å². The van der Waals surface area contributed by atoms with Gasteiger partial charge in [0.2, 0.25) is 0 Å². The van der Waals surface area contributed by atoms with Gasteiger partial charge in [0.1, 0.15) is 6.33 Å². The molecule has 2 aromatic rings. The summed E-state index contributed by atoms with van der Waals surface area (Å²) in [6.07, 6.45) is 8.87. The molecule has 2 aliphatic rings. The fourth-order valence-electron chi connectivity index (χ4n) is 3.41. The second-order valence-electron chi connectivity index (χ2n) is 5.92. The third kappa shape index (κ3) is 2.50. The molecule has 0 amide bonds. The average Bonchev–Trinajstić information content (AvgIpc) is 2.74. The van der Waals surface area contributed by atoms with E-state index in [1.165, 1.54) is 24.0 Å². The van der Waals surface area contributed by atoms with E-state index in [1.807, 2.05) is 12.4 Å². The lowest BCUT2D eigenvalue weighted by atomic mass is 9.90. The first-order valence-electron chi connectivity index (χ1n) is 7.65. The fraction of sp³-hybridized carbons (Fsp3) is 0.353. The summed E-state index contributed by atoms with van der Waals surface area (Å²) in [4.78, 5) is 13.0. The third-order valence-corrected chi connectivity index (χ3v) is 5.53. The standard InChI is InChI=1S/C17H18N4S/c18-17-21-16-13(9-22-17)3-1-2-11-4-5-12(6-15(11)16)14-7-19-10-20-8-14/h4-8,10,13,16H,1-3,9H2,(H2,18,21). The predicted octanol–water partition coefficient (Wildman–Crippen LogP) is 3.20. The van der Waals surface area contributed by atoms with E-state index in [1.54, 1.807) is 18.1 Å². The summed E-state index contributed by atoms with van der Waals surface area (Å²) in [5, 5.41) is 0.725. The Labute approximate surface area is 134 Å². The number of aliphatic imine (C=N–C) groups is 1. The van der Waals surface area contributed by atoms with Crippen LogP contribution in [0.1, 0.15) is 30.0 Å². The molecule has 4 rings (SSSR count). The molecule has 0 fully saturated rings. The van der Waals surface area contributed by atoms with E-state index in [2.05, 4.69) is 28.2 Å². The molecule has 22 heavy (non-hydrogen) atoms. The van der Waals surface area contributed by atoms with Crippen molar-refractivity contribution in [1.29, 1.82) is 0 Å². The number of fused-ring (bicyclic) bond motifs is 3. The quantitative estimate of drug-likeness (QED) is 0.878. The van der Waals surface area contributed by atoms with Gasteiger partial charge in [0.25, 0.3) is 0 Å². The first-order valence-corrected chi connectivity index (χ1v) is 8.64. The minimum atomic E-state index is 0.211. The van der Waals surface area contributed by atoms with Gasteiger partial charge in [-0.2, -0.15) is 0 Å². The fourth-order valence-corrected chi connectivity index (χ4v) is 4.33. The SMILES string of the molecule is NC1=NC2c3cc(-c4cncnc4)ccc3CCCC2CS1. The Kier molecular flexibility index (Phi) is 3.58. The first kappa shape index (κ1) is 13.8. The average molecular weight is 310 g/mol. The molecule has 5 heteroatoms. The highest BCUT2D eigenvalue weighted by atomic mass is 32.2. The van der Waals surface area contributed by atoms with Gasteiger partial charge in [0, 0.05) is 23.7 Å². The van der Waals surface area contributed by atoms with E-state index in [0.29, 0.717) is 5.92 Å². The lowest BCUT2D eigenvalue weighted by Gasteiger charge is -2.27. The molecule has 2 N–H and O–H groups in total. The van der Waals surface area contributed by atoms with Crippen molar-refractivity contribution < 1.29 is 0 Å². The van der Waals surface area contributed by atoms with E-state index in [-0.39, 0.29) is 6.04 Å². The van der Waals surface area contributed by atoms with Crippen molar-refractivity contribution in [2.24, 2.45) is 16.6 Å². The Morgan fingerprint density at radius 3 is 2.86 bits per heavy atom. The largest absolute Gasteiger partial charge is 0.379 e. The summed E-state index contributed by atoms with van der Waals surface area (Å²) in [5.41, 5.74) is 11.0. The third-order valence-electron chi connectivity index (χ3n) is 4.54. The predicted molar refractivity (Wildman–Crippen MR) is 90.7 cm³/mol. The summed E-state index contributed by atoms with van der Waals surface area (Å²) in [6.45, 7) is 0. The summed E-state index contributed by atoms with van der Waals surface area (Å²) < 4.78 is 0. The van der Waals surface area contributed by atoms with Gasteiger partial charge in [-0.15, -0.1) is 0 Å². The zero-order valence-electron chi connectivity index (χ0n) is 12.3. The van der Waals surface area contributed by atoms with Crippen LogP contribution >= 0.6 is 11.8 Å². The van der Waals surface area contributed by atoms with Crippen molar-refractivity contribution >= 4 is 16.9 Å². The molecule has 1 aromatic carbocycles. The molecule has 0 saturated carbocycles. The van der Waals surface area contributed by atoms with Gasteiger partial charge in [0.15, 0.2) is 5.17 Å². The molecule has 1 aromatic heterocycles. The number of thioether (sulfide) groups is 1. The van der Waals surface area contributed by atoms with E-state index >= 15 is 0 Å². The van der Waals surface area contributed by atoms with Crippen molar-refractivity contribution in [3.8, 4) is 11.1 Å². The Morgan fingerprint density at radius 1 is 1.14 bits per heavy atom. The number of hydrogen-bond donors (Lipinski definition) is 1. The molecule has 2 atom stereocenters. The van der Waals surface area contributed by atoms with E-state index < -0.39 is 0 Å². The molecule has 2 unspecified atom stereocenters. The molecule has 2 heterocycles. The van der Waals surface area contributed by atoms with Crippen LogP contribution in [0.5, 0.6) is 0 Å². The molecule has 1 aliphatic carbocycles. The van der Waals surface area contributed by atoms with Crippen LogP contribution in [0.3, 0.4) is 0 Å². The summed E-state index contributed by atoms with van der Waals surface area (Å²) >= 11 is 1.70. The summed E-state index contributed by atoms with van der Waals surface area (Å²) in [5.74, 6) is 1.68. The minimum absolute atomic E-state index is 0.211. The highest BCUT2D eigenvalue weighted by molar-refractivity contribution is 8.13. The highest BCUT2D eigenvalue weighted by Gasteiger charge is 2.31. The van der Waals surface area contributed by atoms with Crippen LogP contribution in [0.4, 0.5) is 0 Å². The normalized spacial score (nSPS) is 23.9. The lowest BCUT2D eigenvalue weighted by molar-refractivity contribution is 0.448. The molecule has 0 spiro atoms. The summed E-state index contributed by atoms with van der Waals surface area (Å²) in [7, 11) is 0. The smallest absolute Gasteiger partial charge is 0.154 e. The van der Waals surface area contributed by atoms with Crippen LogP contribution in [-0.4, -0.2) is 20.9 Å². The number of aryl methyl sites for hydroxylation is 1. The van der Waals surface area contributed by atoms with Crippen molar-refractivity contribution in [1.82, 2.24) is 9.97 Å². The molecule has 1 aliphatic heterocycles. The number of aromatic nitrogens is 2. The second kappa shape index (κ2) is 5.72. The number of amidine groups is 1. The maximum absolute atomic E-state index is 5.99. The van der Waals surface area contributed by atoms with Gasteiger partial charge in [-0.1, -0.05) is 23.9 Å². The monoisotopic (exact) mass is 310 g/mol. The second-order valence-corrected chi connectivity index (χ2v) is 6.96. The van der Waals surface area contributed by atoms with Crippen LogP contribution in [0.25, 0.3) is 11.1 Å². The topological polar surface area (TPSA) is 64.2 Å². The van der Waals surface area contributed by atoms with Gasteiger partial charge in [-0.3, -0.25) is 4.99 Å². The zero-order valence-corrected chi connectivity index (χ0v) is 13.1. The highest BCUT2D eigenvalue weighted by Crippen LogP contribution is 2.41. The molecular formula is C17H18N4S. The van der Waals surface area contributed by atoms with Crippen LogP contribution in [0.15, 0.2) is 41.9 Å². The molecule has 0 saturated heterocycles. The number of nitrogens with zero attached hydrogens (tertiary/aromatic N) is 3. The van der Waals surface area contributed by atoms with Crippen LogP contribution in [-0.2, 0) is 6.42 Å². The maximum Gasteiger partial charge on any atom is 0.154 e. The van der Waals surface area contributed by atoms with E-state index in [9.17, 15) is 0 Å².